The molecule has 0 fully saturated rings. The number of nitrogens with one attached hydrogen (secondary N) is 1. The van der Waals surface area contributed by atoms with Crippen LogP contribution < -0.4 is 10.1 Å². The van der Waals surface area contributed by atoms with E-state index in [0.29, 0.717) is 11.7 Å². The summed E-state index contributed by atoms with van der Waals surface area (Å²) in [4.78, 5) is 17.2. The van der Waals surface area contributed by atoms with Crippen LogP contribution in [-0.2, 0) is 4.79 Å². The maximum absolute atomic E-state index is 12.6. The van der Waals surface area contributed by atoms with Gasteiger partial charge in [0.05, 0.1) is 12.3 Å². The molecule has 34 heavy (non-hydrogen) atoms. The van der Waals surface area contributed by atoms with Crippen molar-refractivity contribution in [2.45, 2.75) is 13.3 Å². The lowest BCUT2D eigenvalue weighted by Crippen LogP contribution is -2.13. The number of nitrogens with zero attached hydrogens (tertiary/aromatic N) is 2. The van der Waals surface area contributed by atoms with Gasteiger partial charge in [0.1, 0.15) is 17.4 Å². The number of hydrogen-bond acceptors (Lipinski definition) is 5. The van der Waals surface area contributed by atoms with Crippen molar-refractivity contribution < 1.29 is 9.53 Å². The number of carbonyl (C=O) groups excluding carboxylic acids is 1. The minimum Gasteiger partial charge on any atom is -0.494 e. The Morgan fingerprint density at radius 2 is 1.68 bits per heavy atom. The number of benzene rings is 3. The third-order valence-corrected chi connectivity index (χ3v) is 5.80. The molecule has 0 aliphatic heterocycles. The van der Waals surface area contributed by atoms with Crippen molar-refractivity contribution in [3.63, 3.8) is 0 Å². The van der Waals surface area contributed by atoms with E-state index in [9.17, 15) is 10.1 Å². The first kappa shape index (κ1) is 23.0. The first-order valence-corrected chi connectivity index (χ1v) is 11.8. The summed E-state index contributed by atoms with van der Waals surface area (Å²) < 4.78 is 5.56. The lowest BCUT2D eigenvalue weighted by molar-refractivity contribution is -0.112. The van der Waals surface area contributed by atoms with Crippen LogP contribution in [-0.4, -0.2) is 17.5 Å². The normalized spacial score (nSPS) is 11.0. The number of hydrogen-bond donors (Lipinski definition) is 1. The smallest absolute Gasteiger partial charge is 0.268 e. The summed E-state index contributed by atoms with van der Waals surface area (Å²) >= 11 is 1.32. The van der Waals surface area contributed by atoms with E-state index in [4.69, 9.17) is 4.74 Å². The molecular formula is C28H23N3O2S. The van der Waals surface area contributed by atoms with Gasteiger partial charge in [-0.15, -0.1) is 11.3 Å². The Hall–Kier alpha value is -4.21. The molecule has 1 aromatic heterocycles. The van der Waals surface area contributed by atoms with Crippen molar-refractivity contribution in [3.05, 3.63) is 95.4 Å². The Morgan fingerprint density at radius 1 is 1.00 bits per heavy atom. The second-order valence-electron chi connectivity index (χ2n) is 7.52. The predicted molar refractivity (Wildman–Crippen MR) is 137 cm³/mol. The van der Waals surface area contributed by atoms with E-state index in [1.54, 1.807) is 6.08 Å². The van der Waals surface area contributed by atoms with Crippen molar-refractivity contribution in [3.8, 4) is 34.2 Å². The van der Waals surface area contributed by atoms with Crippen molar-refractivity contribution in [1.29, 1.82) is 5.26 Å². The summed E-state index contributed by atoms with van der Waals surface area (Å²) in [6.45, 7) is 2.69. The zero-order valence-electron chi connectivity index (χ0n) is 18.7. The molecule has 4 aromatic rings. The van der Waals surface area contributed by atoms with Crippen LogP contribution in [0.2, 0.25) is 0 Å². The molecule has 1 heterocycles. The van der Waals surface area contributed by atoms with Gasteiger partial charge in [-0.1, -0.05) is 73.7 Å². The summed E-state index contributed by atoms with van der Waals surface area (Å²) in [7, 11) is 0. The minimum atomic E-state index is -0.492. The topological polar surface area (TPSA) is 75.0 Å². The van der Waals surface area contributed by atoms with Crippen LogP contribution in [0.25, 0.3) is 28.5 Å². The van der Waals surface area contributed by atoms with Gasteiger partial charge in [0, 0.05) is 10.9 Å². The number of rotatable bonds is 8. The zero-order valence-corrected chi connectivity index (χ0v) is 19.5. The molecule has 0 atom stereocenters. The van der Waals surface area contributed by atoms with E-state index in [1.807, 2.05) is 73.0 Å². The molecule has 0 saturated heterocycles. The maximum atomic E-state index is 12.6. The predicted octanol–water partition coefficient (Wildman–Crippen LogP) is 6.81. The van der Waals surface area contributed by atoms with Gasteiger partial charge in [-0.05, 0) is 41.3 Å². The van der Waals surface area contributed by atoms with E-state index in [2.05, 4.69) is 34.6 Å². The Kier molecular flexibility index (Phi) is 7.49. The van der Waals surface area contributed by atoms with Gasteiger partial charge in [0.15, 0.2) is 5.13 Å². The first-order chi connectivity index (χ1) is 16.7. The molecule has 0 aliphatic carbocycles. The number of carbonyl (C=O) groups is 1. The fourth-order valence-electron chi connectivity index (χ4n) is 3.29. The van der Waals surface area contributed by atoms with E-state index >= 15 is 0 Å². The van der Waals surface area contributed by atoms with Gasteiger partial charge in [-0.25, -0.2) is 4.98 Å². The fraction of sp³-hybridized carbons (Fsp3) is 0.107. The van der Waals surface area contributed by atoms with Crippen LogP contribution in [0.15, 0.2) is 89.8 Å². The summed E-state index contributed by atoms with van der Waals surface area (Å²) in [6.07, 6.45) is 2.48. The fourth-order valence-corrected chi connectivity index (χ4v) is 4.00. The molecule has 1 amide bonds. The lowest BCUT2D eigenvalue weighted by atomic mass is 10.0. The van der Waals surface area contributed by atoms with Crippen LogP contribution in [0.3, 0.4) is 0 Å². The standard InChI is InChI=1S/C28H23N3O2S/c1-2-16-33-25-14-8-20(9-15-25)17-24(18-29)27(32)31-28-30-26(19-34-28)23-12-10-22(11-13-23)21-6-4-3-5-7-21/h3-15,17,19H,2,16H2,1H3,(H,30,31,32)/b24-17+. The number of ether oxygens (including phenoxy) is 1. The largest absolute Gasteiger partial charge is 0.494 e. The number of anilines is 1. The highest BCUT2D eigenvalue weighted by Crippen LogP contribution is 2.28. The Balaban J connectivity index is 1.43. The molecule has 4 rings (SSSR count). The molecule has 1 N–H and O–H groups in total. The van der Waals surface area contributed by atoms with Gasteiger partial charge in [0.25, 0.3) is 5.91 Å². The van der Waals surface area contributed by atoms with Crippen molar-refractivity contribution >= 4 is 28.5 Å². The quantitative estimate of drug-likeness (QED) is 0.229. The highest BCUT2D eigenvalue weighted by Gasteiger charge is 2.13. The van der Waals surface area contributed by atoms with Gasteiger partial charge in [-0.3, -0.25) is 10.1 Å². The lowest BCUT2D eigenvalue weighted by Gasteiger charge is -2.05. The van der Waals surface area contributed by atoms with Crippen molar-refractivity contribution in [2.75, 3.05) is 11.9 Å². The van der Waals surface area contributed by atoms with Crippen LogP contribution in [0.1, 0.15) is 18.9 Å². The average molecular weight is 466 g/mol. The zero-order chi connectivity index (χ0) is 23.8. The SMILES string of the molecule is CCCOc1ccc(/C=C(\C#N)C(=O)Nc2nc(-c3ccc(-c4ccccc4)cc3)cs2)cc1. The second-order valence-corrected chi connectivity index (χ2v) is 8.38. The van der Waals surface area contributed by atoms with E-state index < -0.39 is 5.91 Å². The van der Waals surface area contributed by atoms with Gasteiger partial charge < -0.3 is 4.74 Å². The van der Waals surface area contributed by atoms with Crippen LogP contribution >= 0.6 is 11.3 Å². The molecule has 0 unspecified atom stereocenters. The monoisotopic (exact) mass is 465 g/mol. The molecule has 168 valence electrons. The molecule has 6 heteroatoms. The highest BCUT2D eigenvalue weighted by atomic mass is 32.1. The van der Waals surface area contributed by atoms with Crippen LogP contribution in [0, 0.1) is 11.3 Å². The first-order valence-electron chi connectivity index (χ1n) is 10.9. The number of amides is 1. The van der Waals surface area contributed by atoms with Crippen molar-refractivity contribution in [2.24, 2.45) is 0 Å². The van der Waals surface area contributed by atoms with E-state index in [1.165, 1.54) is 11.3 Å². The molecule has 5 nitrogen and oxygen atoms in total. The molecule has 3 aromatic carbocycles. The van der Waals surface area contributed by atoms with E-state index in [0.717, 1.165) is 40.1 Å². The Morgan fingerprint density at radius 3 is 2.35 bits per heavy atom. The maximum Gasteiger partial charge on any atom is 0.268 e. The summed E-state index contributed by atoms with van der Waals surface area (Å²) in [5, 5.41) is 14.5. The molecule has 0 saturated carbocycles. The third kappa shape index (κ3) is 5.77. The van der Waals surface area contributed by atoms with Crippen LogP contribution in [0.4, 0.5) is 5.13 Å². The molecule has 0 spiro atoms. The molecule has 0 bridgehead atoms. The van der Waals surface area contributed by atoms with Crippen LogP contribution in [0.5, 0.6) is 5.75 Å². The average Bonchev–Trinajstić information content (AvgIpc) is 3.35. The Labute approximate surface area is 203 Å². The molecule has 0 aliphatic rings. The summed E-state index contributed by atoms with van der Waals surface area (Å²) in [5.74, 6) is 0.267. The third-order valence-electron chi connectivity index (χ3n) is 5.04. The van der Waals surface area contributed by atoms with Gasteiger partial charge in [0.2, 0.25) is 0 Å². The number of aromatic nitrogens is 1. The molecule has 0 radical (unpaired) electrons. The second kappa shape index (κ2) is 11.1. The number of thiazole rings is 1. The summed E-state index contributed by atoms with van der Waals surface area (Å²) in [5.41, 5.74) is 4.75. The highest BCUT2D eigenvalue weighted by molar-refractivity contribution is 7.14. The van der Waals surface area contributed by atoms with Gasteiger partial charge in [-0.2, -0.15) is 5.26 Å². The minimum absolute atomic E-state index is 0.00573. The molecular weight excluding hydrogens is 442 g/mol. The number of nitriles is 1. The Bertz CT molecular complexity index is 1320. The summed E-state index contributed by atoms with van der Waals surface area (Å²) in [6, 6.07) is 27.5. The van der Waals surface area contributed by atoms with Gasteiger partial charge >= 0.3 is 0 Å². The van der Waals surface area contributed by atoms with E-state index in [-0.39, 0.29) is 5.57 Å². The van der Waals surface area contributed by atoms with Crippen molar-refractivity contribution in [1.82, 2.24) is 4.98 Å².